The molecule has 9 heteroatoms. The summed E-state index contributed by atoms with van der Waals surface area (Å²) in [7, 11) is 0. The summed E-state index contributed by atoms with van der Waals surface area (Å²) in [6.45, 7) is 3.85. The molecule has 0 aliphatic carbocycles. The summed E-state index contributed by atoms with van der Waals surface area (Å²) >= 11 is 2.35. The molecule has 0 saturated carbocycles. The van der Waals surface area contributed by atoms with Crippen LogP contribution in [0, 0.1) is 13.8 Å². The monoisotopic (exact) mass is 428 g/mol. The van der Waals surface area contributed by atoms with Gasteiger partial charge in [0.05, 0.1) is 5.75 Å². The summed E-state index contributed by atoms with van der Waals surface area (Å²) in [6, 6.07) is 14.7. The first kappa shape index (κ1) is 20.8. The zero-order chi connectivity index (χ0) is 20.8. The van der Waals surface area contributed by atoms with E-state index in [0.717, 1.165) is 11.1 Å². The van der Waals surface area contributed by atoms with E-state index in [-0.39, 0.29) is 5.75 Å². The van der Waals surface area contributed by atoms with E-state index in [1.807, 2.05) is 38.1 Å². The molecule has 3 rings (SSSR count). The molecule has 0 bridgehead atoms. The van der Waals surface area contributed by atoms with E-state index in [2.05, 4.69) is 15.5 Å². The number of nitrogens with two attached hydrogens (primary N) is 1. The van der Waals surface area contributed by atoms with E-state index in [0.29, 0.717) is 20.7 Å². The van der Waals surface area contributed by atoms with Crippen LogP contribution in [0.15, 0.2) is 52.9 Å². The fourth-order valence-corrected chi connectivity index (χ4v) is 3.95. The summed E-state index contributed by atoms with van der Waals surface area (Å²) in [4.78, 5) is 25.3. The number of nitrogens with zero attached hydrogens (tertiary/aromatic N) is 2. The van der Waals surface area contributed by atoms with E-state index in [9.17, 15) is 9.59 Å². The highest BCUT2D eigenvalue weighted by molar-refractivity contribution is 8.01. The lowest BCUT2D eigenvalue weighted by Crippen LogP contribution is -2.26. The Kier molecular flexibility index (Phi) is 6.84. The van der Waals surface area contributed by atoms with Crippen LogP contribution in [-0.4, -0.2) is 27.8 Å². The molecule has 2 aromatic carbocycles. The van der Waals surface area contributed by atoms with Crippen molar-refractivity contribution in [1.82, 2.24) is 10.2 Å². The molecule has 0 saturated heterocycles. The first-order chi connectivity index (χ1) is 13.9. The lowest BCUT2D eigenvalue weighted by atomic mass is 10.1. The summed E-state index contributed by atoms with van der Waals surface area (Å²) in [6.07, 6.45) is -1.07. The number of ether oxygens (including phenoxy) is 1. The summed E-state index contributed by atoms with van der Waals surface area (Å²) in [5.41, 5.74) is 8.76. The van der Waals surface area contributed by atoms with Crippen LogP contribution in [0.4, 0.5) is 10.8 Å². The van der Waals surface area contributed by atoms with Crippen molar-refractivity contribution in [2.45, 2.75) is 24.3 Å². The third-order valence-electron chi connectivity index (χ3n) is 3.98. The molecule has 3 aromatic rings. The Balaban J connectivity index is 1.73. The van der Waals surface area contributed by atoms with Crippen molar-refractivity contribution >= 4 is 45.8 Å². The normalized spacial score (nSPS) is 11.7. The number of thioether (sulfide) groups is 1. The molecule has 29 heavy (non-hydrogen) atoms. The number of hydrogen-bond acceptors (Lipinski definition) is 8. The van der Waals surface area contributed by atoms with Crippen molar-refractivity contribution in [2.24, 2.45) is 0 Å². The largest absolute Gasteiger partial charge is 0.447 e. The van der Waals surface area contributed by atoms with Crippen molar-refractivity contribution in [3.63, 3.8) is 0 Å². The number of nitrogen functional groups attached to an aromatic ring is 1. The van der Waals surface area contributed by atoms with Crippen LogP contribution in [0.5, 0.6) is 0 Å². The SMILES string of the molecule is Cc1ccc(C)c(NC(=O)C(OC(=O)CSc2nnc(N)s2)c2ccccc2)c1. The van der Waals surface area contributed by atoms with Gasteiger partial charge in [-0.2, -0.15) is 0 Å². The van der Waals surface area contributed by atoms with Crippen LogP contribution in [0.1, 0.15) is 22.8 Å². The standard InChI is InChI=1S/C20H20N4O3S2/c1-12-8-9-13(2)15(10-12)22-18(26)17(14-6-4-3-5-7-14)27-16(25)11-28-20-24-23-19(21)29-20/h3-10,17H,11H2,1-2H3,(H2,21,23)(H,22,26). The maximum atomic E-state index is 13.0. The lowest BCUT2D eigenvalue weighted by molar-refractivity contribution is -0.152. The molecule has 1 aromatic heterocycles. The second-order valence-corrected chi connectivity index (χ2v) is 8.51. The van der Waals surface area contributed by atoms with Gasteiger partial charge in [-0.05, 0) is 31.0 Å². The second-order valence-electron chi connectivity index (χ2n) is 6.28. The van der Waals surface area contributed by atoms with Crippen LogP contribution in [-0.2, 0) is 14.3 Å². The van der Waals surface area contributed by atoms with Gasteiger partial charge >= 0.3 is 5.97 Å². The van der Waals surface area contributed by atoms with Gasteiger partial charge in [0.1, 0.15) is 0 Å². The first-order valence-corrected chi connectivity index (χ1v) is 10.6. The molecule has 0 aliphatic rings. The molecular weight excluding hydrogens is 408 g/mol. The molecule has 150 valence electrons. The number of carbonyl (C=O) groups excluding carboxylic acids is 2. The molecule has 0 aliphatic heterocycles. The maximum Gasteiger partial charge on any atom is 0.317 e. The molecule has 7 nitrogen and oxygen atoms in total. The van der Waals surface area contributed by atoms with Gasteiger partial charge in [-0.1, -0.05) is 65.6 Å². The average molecular weight is 429 g/mol. The van der Waals surface area contributed by atoms with Gasteiger partial charge < -0.3 is 15.8 Å². The minimum Gasteiger partial charge on any atom is -0.447 e. The Morgan fingerprint density at radius 3 is 2.62 bits per heavy atom. The molecule has 1 amide bonds. The average Bonchev–Trinajstić information content (AvgIpc) is 3.13. The Morgan fingerprint density at radius 2 is 1.93 bits per heavy atom. The van der Waals surface area contributed by atoms with Crippen LogP contribution in [0.3, 0.4) is 0 Å². The topological polar surface area (TPSA) is 107 Å². The Bertz CT molecular complexity index is 1010. The van der Waals surface area contributed by atoms with Crippen molar-refractivity contribution < 1.29 is 14.3 Å². The molecule has 1 atom stereocenters. The number of amides is 1. The number of benzene rings is 2. The lowest BCUT2D eigenvalue weighted by Gasteiger charge is -2.19. The first-order valence-electron chi connectivity index (χ1n) is 8.76. The number of aryl methyl sites for hydroxylation is 2. The van der Waals surface area contributed by atoms with Crippen molar-refractivity contribution in [3.8, 4) is 0 Å². The van der Waals surface area contributed by atoms with Crippen LogP contribution in [0.25, 0.3) is 0 Å². The molecule has 3 N–H and O–H groups in total. The highest BCUT2D eigenvalue weighted by Gasteiger charge is 2.25. The molecule has 1 unspecified atom stereocenters. The van der Waals surface area contributed by atoms with Gasteiger partial charge in [0.15, 0.2) is 4.34 Å². The van der Waals surface area contributed by atoms with Gasteiger partial charge in [-0.25, -0.2) is 0 Å². The van der Waals surface area contributed by atoms with E-state index >= 15 is 0 Å². The number of rotatable bonds is 7. The molecule has 0 radical (unpaired) electrons. The fraction of sp³-hybridized carbons (Fsp3) is 0.200. The van der Waals surface area contributed by atoms with Crippen LogP contribution in [0.2, 0.25) is 0 Å². The van der Waals surface area contributed by atoms with E-state index in [1.165, 1.54) is 23.1 Å². The summed E-state index contributed by atoms with van der Waals surface area (Å²) in [5, 5.41) is 10.8. The number of carbonyl (C=O) groups is 2. The maximum absolute atomic E-state index is 13.0. The molecular formula is C20H20N4O3S2. The quantitative estimate of drug-likeness (QED) is 0.436. The van der Waals surface area contributed by atoms with E-state index in [1.54, 1.807) is 24.3 Å². The highest BCUT2D eigenvalue weighted by atomic mass is 32.2. The third-order valence-corrected chi connectivity index (χ3v) is 5.84. The zero-order valence-electron chi connectivity index (χ0n) is 15.9. The van der Waals surface area contributed by atoms with Gasteiger partial charge in [-0.3, -0.25) is 9.59 Å². The van der Waals surface area contributed by atoms with Crippen LogP contribution < -0.4 is 11.1 Å². The Labute approximate surface area is 176 Å². The van der Waals surface area contributed by atoms with E-state index < -0.39 is 18.0 Å². The predicted octanol–water partition coefficient (Wildman–Crippen LogP) is 3.75. The number of aromatic nitrogens is 2. The highest BCUT2D eigenvalue weighted by Crippen LogP contribution is 2.26. The summed E-state index contributed by atoms with van der Waals surface area (Å²) in [5.74, 6) is -0.952. The van der Waals surface area contributed by atoms with Gasteiger partial charge in [0.2, 0.25) is 11.2 Å². The number of hydrogen-bond donors (Lipinski definition) is 2. The van der Waals surface area contributed by atoms with Gasteiger partial charge in [0.25, 0.3) is 5.91 Å². The summed E-state index contributed by atoms with van der Waals surface area (Å²) < 4.78 is 6.09. The molecule has 0 spiro atoms. The van der Waals surface area contributed by atoms with Gasteiger partial charge in [0, 0.05) is 11.3 Å². The van der Waals surface area contributed by atoms with Crippen molar-refractivity contribution in [2.75, 3.05) is 16.8 Å². The number of nitrogens with one attached hydrogen (secondary N) is 1. The number of anilines is 2. The predicted molar refractivity (Wildman–Crippen MR) is 115 cm³/mol. The van der Waals surface area contributed by atoms with Crippen molar-refractivity contribution in [1.29, 1.82) is 0 Å². The zero-order valence-corrected chi connectivity index (χ0v) is 17.5. The second kappa shape index (κ2) is 9.53. The minimum absolute atomic E-state index is 0.00524. The Morgan fingerprint density at radius 1 is 1.17 bits per heavy atom. The Hall–Kier alpha value is -2.91. The number of esters is 1. The molecule has 1 heterocycles. The van der Waals surface area contributed by atoms with Crippen LogP contribution >= 0.6 is 23.1 Å². The molecule has 0 fully saturated rings. The van der Waals surface area contributed by atoms with Crippen molar-refractivity contribution in [3.05, 3.63) is 65.2 Å². The minimum atomic E-state index is -1.07. The smallest absolute Gasteiger partial charge is 0.317 e. The van der Waals surface area contributed by atoms with E-state index in [4.69, 9.17) is 10.5 Å². The third kappa shape index (κ3) is 5.78. The fourth-order valence-electron chi connectivity index (χ4n) is 2.53. The van der Waals surface area contributed by atoms with Gasteiger partial charge in [-0.15, -0.1) is 10.2 Å².